The largest absolute Gasteiger partial charge is 0.391 e. The fourth-order valence-electron chi connectivity index (χ4n) is 2.82. The summed E-state index contributed by atoms with van der Waals surface area (Å²) in [4.78, 5) is 11.8. The Bertz CT molecular complexity index is 499. The number of hydrogen-bond donors (Lipinski definition) is 2. The molecule has 21 heavy (non-hydrogen) atoms. The van der Waals surface area contributed by atoms with Crippen molar-refractivity contribution in [2.45, 2.75) is 44.6 Å². The molecule has 1 aliphatic carbocycles. The number of rotatable bonds is 6. The zero-order valence-electron chi connectivity index (χ0n) is 12.2. The summed E-state index contributed by atoms with van der Waals surface area (Å²) in [6.07, 6.45) is 5.17. The first-order valence-electron chi connectivity index (χ1n) is 7.63. The first kappa shape index (κ1) is 15.5. The normalized spacial score (nSPS) is 16.4. The van der Waals surface area contributed by atoms with Crippen LogP contribution in [-0.4, -0.2) is 23.7 Å². The number of benzene rings is 1. The summed E-state index contributed by atoms with van der Waals surface area (Å²) < 4.78 is 0. The van der Waals surface area contributed by atoms with Gasteiger partial charge in [0.1, 0.15) is 0 Å². The standard InChI is InChI=1S/C17H22N2O2/c18-11-14-7-5-13(6-8-14)9-10-17(21)19-12-16(20)15-3-1-2-4-15/h5-8,15-16,20H,1-4,9-10,12H2,(H,19,21). The van der Waals surface area contributed by atoms with E-state index in [1.807, 2.05) is 12.1 Å². The molecule has 0 bridgehead atoms. The van der Waals surface area contributed by atoms with Crippen LogP contribution in [0.3, 0.4) is 0 Å². The van der Waals surface area contributed by atoms with Crippen molar-refractivity contribution in [2.75, 3.05) is 6.54 Å². The second-order valence-electron chi connectivity index (χ2n) is 5.72. The molecule has 0 radical (unpaired) electrons. The molecule has 112 valence electrons. The van der Waals surface area contributed by atoms with E-state index >= 15 is 0 Å². The van der Waals surface area contributed by atoms with E-state index in [4.69, 9.17) is 5.26 Å². The Labute approximate surface area is 125 Å². The molecule has 1 aliphatic rings. The third kappa shape index (κ3) is 4.87. The van der Waals surface area contributed by atoms with Crippen LogP contribution in [0.15, 0.2) is 24.3 Å². The zero-order valence-corrected chi connectivity index (χ0v) is 12.2. The molecule has 1 saturated carbocycles. The van der Waals surface area contributed by atoms with Crippen molar-refractivity contribution in [3.63, 3.8) is 0 Å². The predicted molar refractivity (Wildman–Crippen MR) is 80.5 cm³/mol. The van der Waals surface area contributed by atoms with Crippen molar-refractivity contribution in [1.82, 2.24) is 5.32 Å². The van der Waals surface area contributed by atoms with Crippen LogP contribution in [0.1, 0.15) is 43.2 Å². The highest BCUT2D eigenvalue weighted by atomic mass is 16.3. The Morgan fingerprint density at radius 1 is 1.33 bits per heavy atom. The van der Waals surface area contributed by atoms with E-state index in [9.17, 15) is 9.90 Å². The van der Waals surface area contributed by atoms with Crippen molar-refractivity contribution < 1.29 is 9.90 Å². The van der Waals surface area contributed by atoms with Gasteiger partial charge in [-0.1, -0.05) is 25.0 Å². The first-order chi connectivity index (χ1) is 10.2. The zero-order chi connectivity index (χ0) is 15.1. The lowest BCUT2D eigenvalue weighted by atomic mass is 10.0. The van der Waals surface area contributed by atoms with Crippen LogP contribution in [-0.2, 0) is 11.2 Å². The number of nitrogens with one attached hydrogen (secondary N) is 1. The maximum absolute atomic E-state index is 11.8. The molecule has 0 aromatic heterocycles. The molecule has 0 heterocycles. The number of carbonyl (C=O) groups is 1. The Morgan fingerprint density at radius 2 is 2.00 bits per heavy atom. The van der Waals surface area contributed by atoms with E-state index in [1.165, 1.54) is 12.8 Å². The van der Waals surface area contributed by atoms with Crippen molar-refractivity contribution in [3.8, 4) is 6.07 Å². The summed E-state index contributed by atoms with van der Waals surface area (Å²) in [7, 11) is 0. The quantitative estimate of drug-likeness (QED) is 0.841. The van der Waals surface area contributed by atoms with Crippen molar-refractivity contribution in [2.24, 2.45) is 5.92 Å². The average Bonchev–Trinajstić information content (AvgIpc) is 3.05. The van der Waals surface area contributed by atoms with Crippen LogP contribution in [0.2, 0.25) is 0 Å². The number of aryl methyl sites for hydroxylation is 1. The van der Waals surface area contributed by atoms with Gasteiger partial charge in [0.2, 0.25) is 5.91 Å². The molecule has 1 aromatic rings. The smallest absolute Gasteiger partial charge is 0.220 e. The average molecular weight is 286 g/mol. The fraction of sp³-hybridized carbons (Fsp3) is 0.529. The summed E-state index contributed by atoms with van der Waals surface area (Å²) in [6, 6.07) is 9.34. The number of nitrogens with zero attached hydrogens (tertiary/aromatic N) is 1. The molecule has 1 atom stereocenters. The van der Waals surface area contributed by atoms with Crippen LogP contribution < -0.4 is 5.32 Å². The van der Waals surface area contributed by atoms with Crippen LogP contribution >= 0.6 is 0 Å². The van der Waals surface area contributed by atoms with Crippen molar-refractivity contribution in [1.29, 1.82) is 5.26 Å². The summed E-state index contributed by atoms with van der Waals surface area (Å²) in [5, 5.41) is 21.5. The number of nitriles is 1. The van der Waals surface area contributed by atoms with Gasteiger partial charge in [-0.3, -0.25) is 4.79 Å². The van der Waals surface area contributed by atoms with Gasteiger partial charge >= 0.3 is 0 Å². The third-order valence-corrected chi connectivity index (χ3v) is 4.18. The molecule has 4 nitrogen and oxygen atoms in total. The molecule has 0 saturated heterocycles. The Kier molecular flexibility index (Phi) is 5.77. The number of aliphatic hydroxyl groups is 1. The second kappa shape index (κ2) is 7.80. The lowest BCUT2D eigenvalue weighted by Gasteiger charge is -2.18. The van der Waals surface area contributed by atoms with Crippen LogP contribution in [0.4, 0.5) is 0 Å². The second-order valence-corrected chi connectivity index (χ2v) is 5.72. The third-order valence-electron chi connectivity index (χ3n) is 4.18. The molecule has 2 rings (SSSR count). The molecular formula is C17H22N2O2. The number of amides is 1. The highest BCUT2D eigenvalue weighted by Gasteiger charge is 2.23. The van der Waals surface area contributed by atoms with Gasteiger partial charge < -0.3 is 10.4 Å². The van der Waals surface area contributed by atoms with Crippen LogP contribution in [0.25, 0.3) is 0 Å². The summed E-state index contributed by atoms with van der Waals surface area (Å²) >= 11 is 0. The van der Waals surface area contributed by atoms with Gasteiger partial charge in [-0.05, 0) is 42.9 Å². The molecule has 2 N–H and O–H groups in total. The minimum absolute atomic E-state index is 0.0311. The minimum atomic E-state index is -0.411. The van der Waals surface area contributed by atoms with E-state index in [0.717, 1.165) is 18.4 Å². The van der Waals surface area contributed by atoms with E-state index < -0.39 is 6.10 Å². The maximum Gasteiger partial charge on any atom is 0.220 e. The Balaban J connectivity index is 1.68. The summed E-state index contributed by atoms with van der Waals surface area (Å²) in [5.74, 6) is 0.320. The molecular weight excluding hydrogens is 264 g/mol. The SMILES string of the molecule is N#Cc1ccc(CCC(=O)NCC(O)C2CCCC2)cc1. The summed E-state index contributed by atoms with van der Waals surface area (Å²) in [6.45, 7) is 0.358. The van der Waals surface area contributed by atoms with E-state index in [-0.39, 0.29) is 5.91 Å². The monoisotopic (exact) mass is 286 g/mol. The fourth-order valence-corrected chi connectivity index (χ4v) is 2.82. The molecule has 4 heteroatoms. The Hall–Kier alpha value is -1.86. The maximum atomic E-state index is 11.8. The molecule has 1 aromatic carbocycles. The minimum Gasteiger partial charge on any atom is -0.391 e. The number of hydrogen-bond acceptors (Lipinski definition) is 3. The lowest BCUT2D eigenvalue weighted by Crippen LogP contribution is -2.35. The van der Waals surface area contributed by atoms with Gasteiger partial charge in [-0.25, -0.2) is 0 Å². The van der Waals surface area contributed by atoms with Gasteiger partial charge in [0.25, 0.3) is 0 Å². The molecule has 1 fully saturated rings. The molecule has 1 unspecified atom stereocenters. The van der Waals surface area contributed by atoms with Gasteiger partial charge in [0.05, 0.1) is 17.7 Å². The van der Waals surface area contributed by atoms with Gasteiger partial charge in [0.15, 0.2) is 0 Å². The van der Waals surface area contributed by atoms with E-state index in [1.54, 1.807) is 12.1 Å². The van der Waals surface area contributed by atoms with Gasteiger partial charge in [0, 0.05) is 13.0 Å². The Morgan fingerprint density at radius 3 is 2.62 bits per heavy atom. The van der Waals surface area contributed by atoms with E-state index in [0.29, 0.717) is 30.9 Å². The highest BCUT2D eigenvalue weighted by molar-refractivity contribution is 5.76. The lowest BCUT2D eigenvalue weighted by molar-refractivity contribution is -0.121. The highest BCUT2D eigenvalue weighted by Crippen LogP contribution is 2.27. The van der Waals surface area contributed by atoms with Crippen LogP contribution in [0.5, 0.6) is 0 Å². The van der Waals surface area contributed by atoms with Crippen molar-refractivity contribution >= 4 is 5.91 Å². The van der Waals surface area contributed by atoms with Crippen LogP contribution in [0, 0.1) is 17.2 Å². The molecule has 1 amide bonds. The summed E-state index contributed by atoms with van der Waals surface area (Å²) in [5.41, 5.74) is 1.67. The number of aliphatic hydroxyl groups excluding tert-OH is 1. The van der Waals surface area contributed by atoms with Crippen molar-refractivity contribution in [3.05, 3.63) is 35.4 Å². The van der Waals surface area contributed by atoms with Gasteiger partial charge in [-0.15, -0.1) is 0 Å². The van der Waals surface area contributed by atoms with E-state index in [2.05, 4.69) is 11.4 Å². The topological polar surface area (TPSA) is 73.1 Å². The number of carbonyl (C=O) groups excluding carboxylic acids is 1. The first-order valence-corrected chi connectivity index (χ1v) is 7.63. The molecule has 0 spiro atoms. The molecule has 0 aliphatic heterocycles. The van der Waals surface area contributed by atoms with Gasteiger partial charge in [-0.2, -0.15) is 5.26 Å². The predicted octanol–water partition coefficient (Wildman–Crippen LogP) is 2.16.